The summed E-state index contributed by atoms with van der Waals surface area (Å²) in [4.78, 5) is 28.7. The van der Waals surface area contributed by atoms with Gasteiger partial charge in [-0.1, -0.05) is 18.2 Å². The molecule has 3 rings (SSSR count). The zero-order valence-electron chi connectivity index (χ0n) is 15.7. The van der Waals surface area contributed by atoms with E-state index in [9.17, 15) is 14.0 Å². The highest BCUT2D eigenvalue weighted by atomic mass is 19.1. The number of benzene rings is 2. The van der Waals surface area contributed by atoms with Crippen molar-refractivity contribution in [3.05, 3.63) is 84.7 Å². The van der Waals surface area contributed by atoms with Crippen LogP contribution >= 0.6 is 0 Å². The molecule has 0 fully saturated rings. The number of carbonyl (C=O) groups is 2. The van der Waals surface area contributed by atoms with E-state index in [1.54, 1.807) is 48.7 Å². The maximum Gasteiger partial charge on any atom is 0.253 e. The van der Waals surface area contributed by atoms with Gasteiger partial charge in [0.15, 0.2) is 11.7 Å². The molecule has 148 valence electrons. The van der Waals surface area contributed by atoms with Crippen molar-refractivity contribution in [2.24, 2.45) is 0 Å². The largest absolute Gasteiger partial charge is 0.441 e. The Morgan fingerprint density at radius 2 is 1.90 bits per heavy atom. The molecule has 7 heteroatoms. The van der Waals surface area contributed by atoms with Gasteiger partial charge in [-0.2, -0.15) is 0 Å². The van der Waals surface area contributed by atoms with Gasteiger partial charge < -0.3 is 15.1 Å². The first-order valence-corrected chi connectivity index (χ1v) is 9.05. The summed E-state index contributed by atoms with van der Waals surface area (Å²) in [7, 11) is 0. The minimum absolute atomic E-state index is 0.131. The summed E-state index contributed by atoms with van der Waals surface area (Å²) < 4.78 is 18.6. The summed E-state index contributed by atoms with van der Waals surface area (Å²) in [6.07, 6.45) is 3.54. The number of rotatable bonds is 8. The fourth-order valence-corrected chi connectivity index (χ4v) is 2.66. The highest BCUT2D eigenvalue weighted by Crippen LogP contribution is 2.21. The number of hydrogen-bond donors (Lipinski definition) is 2. The molecule has 0 aliphatic heterocycles. The predicted octanol–water partition coefficient (Wildman–Crippen LogP) is 3.97. The van der Waals surface area contributed by atoms with Crippen LogP contribution in [0, 0.1) is 5.82 Å². The van der Waals surface area contributed by atoms with Crippen LogP contribution in [0.15, 0.2) is 71.8 Å². The first kappa shape index (κ1) is 20.0. The average Bonchev–Trinajstić information content (AvgIpc) is 3.20. The molecule has 6 nitrogen and oxygen atoms in total. The second kappa shape index (κ2) is 9.45. The number of oxazole rings is 1. The third kappa shape index (κ3) is 5.38. The van der Waals surface area contributed by atoms with Crippen LogP contribution in [-0.4, -0.2) is 23.3 Å². The van der Waals surface area contributed by atoms with E-state index in [-0.39, 0.29) is 30.5 Å². The predicted molar refractivity (Wildman–Crippen MR) is 108 cm³/mol. The van der Waals surface area contributed by atoms with Crippen molar-refractivity contribution in [2.45, 2.75) is 12.8 Å². The average molecular weight is 393 g/mol. The van der Waals surface area contributed by atoms with Gasteiger partial charge >= 0.3 is 0 Å². The molecule has 0 saturated heterocycles. The zero-order chi connectivity index (χ0) is 20.6. The number of carbonyl (C=O) groups excluding carboxylic acids is 2. The Balaban J connectivity index is 1.59. The van der Waals surface area contributed by atoms with Gasteiger partial charge in [0.05, 0.1) is 17.4 Å². The molecule has 0 atom stereocenters. The van der Waals surface area contributed by atoms with Crippen molar-refractivity contribution in [1.29, 1.82) is 0 Å². The van der Waals surface area contributed by atoms with Crippen LogP contribution in [0.1, 0.15) is 22.7 Å². The molecule has 1 heterocycles. The molecular weight excluding hydrogens is 373 g/mol. The minimum Gasteiger partial charge on any atom is -0.441 e. The second-order valence-corrected chi connectivity index (χ2v) is 6.22. The van der Waals surface area contributed by atoms with Crippen LogP contribution in [0.2, 0.25) is 0 Å². The lowest BCUT2D eigenvalue weighted by atomic mass is 10.1. The van der Waals surface area contributed by atoms with E-state index in [0.29, 0.717) is 35.0 Å². The number of aryl methyl sites for hydroxylation is 1. The first-order chi connectivity index (χ1) is 14.1. The van der Waals surface area contributed by atoms with Crippen LogP contribution in [0.25, 0.3) is 11.3 Å². The van der Waals surface area contributed by atoms with Crippen LogP contribution in [0.3, 0.4) is 0 Å². The van der Waals surface area contributed by atoms with Gasteiger partial charge in [0.1, 0.15) is 5.82 Å². The molecule has 0 saturated carbocycles. The topological polar surface area (TPSA) is 84.2 Å². The van der Waals surface area contributed by atoms with Gasteiger partial charge in [-0.25, -0.2) is 9.37 Å². The summed E-state index contributed by atoms with van der Waals surface area (Å²) in [6.45, 7) is 3.89. The van der Waals surface area contributed by atoms with E-state index < -0.39 is 0 Å². The molecule has 0 bridgehead atoms. The van der Waals surface area contributed by atoms with Gasteiger partial charge in [0.25, 0.3) is 5.91 Å². The number of para-hydroxylation sites is 1. The normalized spacial score (nSPS) is 10.4. The van der Waals surface area contributed by atoms with Crippen LogP contribution in [0.5, 0.6) is 0 Å². The Kier molecular flexibility index (Phi) is 6.52. The van der Waals surface area contributed by atoms with E-state index in [4.69, 9.17) is 4.42 Å². The molecule has 0 aliphatic carbocycles. The number of nitrogens with one attached hydrogen (secondary N) is 2. The Bertz CT molecular complexity index is 1010. The zero-order valence-corrected chi connectivity index (χ0v) is 15.7. The highest BCUT2D eigenvalue weighted by molar-refractivity contribution is 6.03. The van der Waals surface area contributed by atoms with E-state index in [2.05, 4.69) is 22.2 Å². The van der Waals surface area contributed by atoms with Gasteiger partial charge in [-0.3, -0.25) is 9.59 Å². The summed E-state index contributed by atoms with van der Waals surface area (Å²) in [5.41, 5.74) is 1.50. The summed E-state index contributed by atoms with van der Waals surface area (Å²) in [5.74, 6) is 0.0117. The van der Waals surface area contributed by atoms with Crippen molar-refractivity contribution in [1.82, 2.24) is 10.3 Å². The van der Waals surface area contributed by atoms with Crippen molar-refractivity contribution in [3.63, 3.8) is 0 Å². The van der Waals surface area contributed by atoms with Crippen molar-refractivity contribution in [2.75, 3.05) is 11.9 Å². The van der Waals surface area contributed by atoms with Gasteiger partial charge in [-0.15, -0.1) is 6.58 Å². The van der Waals surface area contributed by atoms with E-state index in [1.165, 1.54) is 12.1 Å². The second-order valence-electron chi connectivity index (χ2n) is 6.22. The molecule has 0 radical (unpaired) electrons. The number of nitrogens with zero attached hydrogens (tertiary/aromatic N) is 1. The monoisotopic (exact) mass is 393 g/mol. The Morgan fingerprint density at radius 3 is 2.66 bits per heavy atom. The minimum atomic E-state index is -0.330. The van der Waals surface area contributed by atoms with E-state index in [0.717, 1.165) is 0 Å². The molecule has 0 aliphatic rings. The fraction of sp³-hybridized carbons (Fsp3) is 0.136. The molecule has 3 aromatic rings. The highest BCUT2D eigenvalue weighted by Gasteiger charge is 2.14. The number of amides is 2. The summed E-state index contributed by atoms with van der Waals surface area (Å²) in [6, 6.07) is 12.6. The maximum absolute atomic E-state index is 13.0. The molecule has 29 heavy (non-hydrogen) atoms. The van der Waals surface area contributed by atoms with Gasteiger partial charge in [0, 0.05) is 24.9 Å². The fourth-order valence-electron chi connectivity index (χ4n) is 2.66. The molecule has 1 aromatic heterocycles. The molecule has 2 N–H and O–H groups in total. The van der Waals surface area contributed by atoms with Gasteiger partial charge in [-0.05, 0) is 36.4 Å². The van der Waals surface area contributed by atoms with E-state index in [1.807, 2.05) is 0 Å². The van der Waals surface area contributed by atoms with Crippen LogP contribution in [-0.2, 0) is 11.2 Å². The Labute approximate surface area is 167 Å². The van der Waals surface area contributed by atoms with Crippen LogP contribution in [0.4, 0.5) is 10.1 Å². The third-order valence-corrected chi connectivity index (χ3v) is 4.10. The van der Waals surface area contributed by atoms with Gasteiger partial charge in [0.2, 0.25) is 5.91 Å². The number of halogens is 1. The SMILES string of the molecule is C=CCNC(=O)c1ccccc1NC(=O)CCc1ncc(-c2ccc(F)cc2)o1. The van der Waals surface area contributed by atoms with Crippen molar-refractivity contribution >= 4 is 17.5 Å². The molecule has 2 amide bonds. The Morgan fingerprint density at radius 1 is 1.14 bits per heavy atom. The third-order valence-electron chi connectivity index (χ3n) is 4.10. The molecule has 0 spiro atoms. The molecular formula is C22H20FN3O3. The van der Waals surface area contributed by atoms with Crippen molar-refractivity contribution in [3.8, 4) is 11.3 Å². The van der Waals surface area contributed by atoms with E-state index >= 15 is 0 Å². The Hall–Kier alpha value is -3.74. The molecule has 0 unspecified atom stereocenters. The quantitative estimate of drug-likeness (QED) is 0.567. The lowest BCUT2D eigenvalue weighted by molar-refractivity contribution is -0.116. The summed E-state index contributed by atoms with van der Waals surface area (Å²) in [5, 5.41) is 5.43. The number of aromatic nitrogens is 1. The number of anilines is 1. The maximum atomic E-state index is 13.0. The molecule has 2 aromatic carbocycles. The lowest BCUT2D eigenvalue weighted by Crippen LogP contribution is -2.25. The standard InChI is InChI=1S/C22H20FN3O3/c1-2-13-24-22(28)17-5-3-4-6-18(17)26-20(27)11-12-21-25-14-19(29-21)15-7-9-16(23)10-8-15/h2-10,14H,1,11-13H2,(H,24,28)(H,26,27). The van der Waals surface area contributed by atoms with Crippen molar-refractivity contribution < 1.29 is 18.4 Å². The summed E-state index contributed by atoms with van der Waals surface area (Å²) >= 11 is 0. The van der Waals surface area contributed by atoms with Crippen LogP contribution < -0.4 is 10.6 Å². The lowest BCUT2D eigenvalue weighted by Gasteiger charge is -2.10. The smallest absolute Gasteiger partial charge is 0.253 e. The first-order valence-electron chi connectivity index (χ1n) is 9.05. The number of hydrogen-bond acceptors (Lipinski definition) is 4.